The number of rotatable bonds is 5. The van der Waals surface area contributed by atoms with Gasteiger partial charge in [-0.05, 0) is 13.8 Å². The lowest BCUT2D eigenvalue weighted by Gasteiger charge is -1.99. The molecule has 0 amide bonds. The van der Waals surface area contributed by atoms with Crippen LogP contribution in [0.1, 0.15) is 13.8 Å². The second-order valence-electron chi connectivity index (χ2n) is 2.44. The quantitative estimate of drug-likeness (QED) is 0.551. The average molecular weight is 262 g/mol. The molecule has 0 heterocycles. The van der Waals surface area contributed by atoms with Gasteiger partial charge in [-0.1, -0.05) is 13.2 Å². The third-order valence-corrected chi connectivity index (χ3v) is 1.21. The first-order chi connectivity index (χ1) is 8.53. The van der Waals surface area contributed by atoms with Crippen molar-refractivity contribution in [3.63, 3.8) is 0 Å². The van der Waals surface area contributed by atoms with Gasteiger partial charge in [0.15, 0.2) is 0 Å². The lowest BCUT2D eigenvalue weighted by atomic mass is 10.3. The summed E-state index contributed by atoms with van der Waals surface area (Å²) in [4.78, 5) is 20.6. The maximum atomic E-state index is 10.5. The molecule has 0 atom stereocenters. The van der Waals surface area contributed by atoms with E-state index in [1.165, 1.54) is 0 Å². The minimum atomic E-state index is -0.528. The zero-order valence-electron chi connectivity index (χ0n) is 11.1. The van der Waals surface area contributed by atoms with E-state index in [4.69, 9.17) is 10.2 Å². The second kappa shape index (κ2) is 17.7. The van der Waals surface area contributed by atoms with Crippen LogP contribution >= 0.6 is 0 Å². The molecule has 0 aliphatic heterocycles. The smallest absolute Gasteiger partial charge is 0.335 e. The summed E-state index contributed by atoms with van der Waals surface area (Å²) in [5.41, 5.74) is 0.0943. The van der Waals surface area contributed by atoms with Gasteiger partial charge in [0, 0.05) is 13.2 Å². The predicted octanol–water partition coefficient (Wildman–Crippen LogP) is 0.442. The van der Waals surface area contributed by atoms with E-state index in [1.807, 2.05) is 0 Å². The van der Waals surface area contributed by atoms with E-state index < -0.39 is 5.97 Å². The lowest BCUT2D eigenvalue weighted by Crippen LogP contribution is -2.08. The highest BCUT2D eigenvalue weighted by atomic mass is 16.5. The fourth-order valence-corrected chi connectivity index (χ4v) is 0.499. The average Bonchev–Trinajstić information content (AvgIpc) is 2.41. The number of esters is 2. The minimum absolute atomic E-state index is 0.0943. The highest BCUT2D eigenvalue weighted by molar-refractivity contribution is 5.87. The van der Waals surface area contributed by atoms with Crippen molar-refractivity contribution in [1.82, 2.24) is 0 Å². The first kappa shape index (κ1) is 21.6. The largest absolute Gasteiger partial charge is 0.463 e. The van der Waals surface area contributed by atoms with Gasteiger partial charge in [-0.3, -0.25) is 0 Å². The molecule has 0 radical (unpaired) electrons. The van der Waals surface area contributed by atoms with Crippen LogP contribution < -0.4 is 0 Å². The van der Waals surface area contributed by atoms with E-state index in [2.05, 4.69) is 22.6 Å². The first-order valence-corrected chi connectivity index (χ1v) is 5.23. The molecule has 0 saturated carbocycles. The molecule has 0 aliphatic rings. The third kappa shape index (κ3) is 16.8. The van der Waals surface area contributed by atoms with Gasteiger partial charge in [0.2, 0.25) is 0 Å². The van der Waals surface area contributed by atoms with Crippen molar-refractivity contribution in [2.75, 3.05) is 26.9 Å². The molecule has 0 rings (SSSR count). The summed E-state index contributed by atoms with van der Waals surface area (Å²) in [6.45, 7) is 10.3. The van der Waals surface area contributed by atoms with Crippen molar-refractivity contribution >= 4 is 11.9 Å². The van der Waals surface area contributed by atoms with Gasteiger partial charge in [0.05, 0.1) is 25.4 Å². The van der Waals surface area contributed by atoms with Crippen molar-refractivity contribution in [2.45, 2.75) is 13.8 Å². The normalized spacial score (nSPS) is 7.61. The first-order valence-electron chi connectivity index (χ1n) is 5.23. The van der Waals surface area contributed by atoms with Crippen molar-refractivity contribution in [2.24, 2.45) is 0 Å². The predicted molar refractivity (Wildman–Crippen MR) is 67.8 cm³/mol. The number of hydrogen-bond donors (Lipinski definition) is 2. The van der Waals surface area contributed by atoms with Crippen LogP contribution in [0.5, 0.6) is 0 Å². The van der Waals surface area contributed by atoms with Crippen LogP contribution in [0.15, 0.2) is 24.8 Å². The molecule has 0 aromatic carbocycles. The van der Waals surface area contributed by atoms with Crippen LogP contribution in [0.25, 0.3) is 0 Å². The van der Waals surface area contributed by atoms with Crippen LogP contribution in [-0.2, 0) is 19.1 Å². The summed E-state index contributed by atoms with van der Waals surface area (Å²) in [6, 6.07) is 0. The topological polar surface area (TPSA) is 93.1 Å². The van der Waals surface area contributed by atoms with E-state index in [0.717, 1.165) is 13.2 Å². The standard InChI is InChI=1S/C6H10O3.C5H8O2.CH4O/c1-3-9-6(8)5(2)4-7;1-3-5(6)7-4-2;1-2/h7H,2-4H2,1H3;3H,1,4H2,2H3;2H,1H3. The van der Waals surface area contributed by atoms with Gasteiger partial charge >= 0.3 is 11.9 Å². The van der Waals surface area contributed by atoms with Crippen molar-refractivity contribution in [1.29, 1.82) is 0 Å². The van der Waals surface area contributed by atoms with Gasteiger partial charge in [0.25, 0.3) is 0 Å². The molecule has 0 aromatic rings. The number of aliphatic hydroxyl groups excluding tert-OH is 2. The van der Waals surface area contributed by atoms with E-state index in [0.29, 0.717) is 13.2 Å². The molecule has 0 fully saturated rings. The summed E-state index contributed by atoms with van der Waals surface area (Å²) in [7, 11) is 1.00. The Morgan fingerprint density at radius 2 is 1.61 bits per heavy atom. The van der Waals surface area contributed by atoms with E-state index >= 15 is 0 Å². The van der Waals surface area contributed by atoms with E-state index in [9.17, 15) is 9.59 Å². The van der Waals surface area contributed by atoms with Gasteiger partial charge < -0.3 is 19.7 Å². The fraction of sp³-hybridized carbons (Fsp3) is 0.500. The maximum Gasteiger partial charge on any atom is 0.335 e. The van der Waals surface area contributed by atoms with Crippen LogP contribution in [0, 0.1) is 0 Å². The monoisotopic (exact) mass is 262 g/mol. The van der Waals surface area contributed by atoms with E-state index in [1.54, 1.807) is 13.8 Å². The molecular weight excluding hydrogens is 240 g/mol. The van der Waals surface area contributed by atoms with Crippen molar-refractivity contribution in [3.05, 3.63) is 24.8 Å². The van der Waals surface area contributed by atoms with Gasteiger partial charge in [-0.25, -0.2) is 9.59 Å². The maximum absolute atomic E-state index is 10.5. The SMILES string of the molecule is C=C(CO)C(=O)OCC.C=CC(=O)OCC.CO. The van der Waals surface area contributed by atoms with E-state index in [-0.39, 0.29) is 18.1 Å². The van der Waals surface area contributed by atoms with Gasteiger partial charge in [-0.2, -0.15) is 0 Å². The molecule has 0 spiro atoms. The molecule has 0 aromatic heterocycles. The third-order valence-electron chi connectivity index (χ3n) is 1.21. The molecular formula is C12H22O6. The molecule has 6 heteroatoms. The summed E-state index contributed by atoms with van der Waals surface area (Å²) < 4.78 is 8.93. The lowest BCUT2D eigenvalue weighted by molar-refractivity contribution is -0.139. The van der Waals surface area contributed by atoms with Crippen molar-refractivity contribution in [3.8, 4) is 0 Å². The van der Waals surface area contributed by atoms with Gasteiger partial charge in [0.1, 0.15) is 0 Å². The Morgan fingerprint density at radius 3 is 1.83 bits per heavy atom. The molecule has 2 N–H and O–H groups in total. The van der Waals surface area contributed by atoms with Crippen LogP contribution in [0.4, 0.5) is 0 Å². The molecule has 18 heavy (non-hydrogen) atoms. The molecule has 0 saturated heterocycles. The number of ether oxygens (including phenoxy) is 2. The second-order valence-corrected chi connectivity index (χ2v) is 2.44. The Morgan fingerprint density at radius 1 is 1.17 bits per heavy atom. The van der Waals surface area contributed by atoms with Crippen LogP contribution in [0.3, 0.4) is 0 Å². The highest BCUT2D eigenvalue weighted by Gasteiger charge is 2.03. The number of carbonyl (C=O) groups excluding carboxylic acids is 2. The summed E-state index contributed by atoms with van der Waals surface area (Å²) >= 11 is 0. The molecule has 0 unspecified atom stereocenters. The fourth-order valence-electron chi connectivity index (χ4n) is 0.499. The Balaban J connectivity index is -0.000000225. The molecule has 6 nitrogen and oxygen atoms in total. The summed E-state index contributed by atoms with van der Waals surface area (Å²) in [5, 5.41) is 15.3. The highest BCUT2D eigenvalue weighted by Crippen LogP contribution is 1.90. The van der Waals surface area contributed by atoms with Crippen LogP contribution in [0.2, 0.25) is 0 Å². The zero-order chi connectivity index (χ0) is 15.0. The summed E-state index contributed by atoms with van der Waals surface area (Å²) in [5.74, 6) is -0.887. The number of carbonyl (C=O) groups is 2. The van der Waals surface area contributed by atoms with Gasteiger partial charge in [-0.15, -0.1) is 0 Å². The Labute approximate surface area is 108 Å². The molecule has 0 bridgehead atoms. The Bertz CT molecular complexity index is 247. The molecule has 106 valence electrons. The number of aliphatic hydroxyl groups is 2. The molecule has 0 aliphatic carbocycles. The minimum Gasteiger partial charge on any atom is -0.463 e. The zero-order valence-corrected chi connectivity index (χ0v) is 11.1. The Kier molecular flexibility index (Phi) is 21.3. The number of hydrogen-bond acceptors (Lipinski definition) is 6. The van der Waals surface area contributed by atoms with Crippen LogP contribution in [-0.4, -0.2) is 49.1 Å². The Hall–Kier alpha value is -1.66. The summed E-state index contributed by atoms with van der Waals surface area (Å²) in [6.07, 6.45) is 1.14. The van der Waals surface area contributed by atoms with Crippen molar-refractivity contribution < 1.29 is 29.3 Å².